The fraction of sp³-hybridized carbons (Fsp3) is 0.143. The summed E-state index contributed by atoms with van der Waals surface area (Å²) in [6.45, 7) is 12.1. The van der Waals surface area contributed by atoms with Crippen LogP contribution in [0.2, 0.25) is 0 Å². The lowest BCUT2D eigenvalue weighted by Gasteiger charge is -2.34. The molecule has 1 heterocycles. The van der Waals surface area contributed by atoms with Crippen LogP contribution in [0.1, 0.15) is 33.4 Å². The molecule has 3 atom stereocenters. The van der Waals surface area contributed by atoms with E-state index in [0.29, 0.717) is 34.5 Å². The van der Waals surface area contributed by atoms with E-state index >= 15 is 0 Å². The zero-order chi connectivity index (χ0) is 37.8. The summed E-state index contributed by atoms with van der Waals surface area (Å²) < 4.78 is 47.8. The summed E-state index contributed by atoms with van der Waals surface area (Å²) in [7, 11) is -11.3. The van der Waals surface area contributed by atoms with Crippen LogP contribution in [-0.4, -0.2) is 0 Å². The second-order valence-corrected chi connectivity index (χ2v) is 19.8. The fourth-order valence-electron chi connectivity index (χ4n) is 5.83. The van der Waals surface area contributed by atoms with Crippen molar-refractivity contribution in [2.75, 3.05) is 0 Å². The van der Waals surface area contributed by atoms with E-state index in [9.17, 15) is 0 Å². The number of benzene rings is 6. The molecule has 12 heteroatoms. The quantitative estimate of drug-likeness (QED) is 0.119. The van der Waals surface area contributed by atoms with Gasteiger partial charge in [0.2, 0.25) is 0 Å². The van der Waals surface area contributed by atoms with Crippen molar-refractivity contribution in [2.24, 2.45) is 4.52 Å². The van der Waals surface area contributed by atoms with E-state index in [1.54, 1.807) is 0 Å². The van der Waals surface area contributed by atoms with Crippen LogP contribution in [0.4, 0.5) is 0 Å². The summed E-state index contributed by atoms with van der Waals surface area (Å²) in [4.78, 5) is 7.26. The number of rotatable bonds is 12. The minimum Gasteiger partial charge on any atom is -0.415 e. The van der Waals surface area contributed by atoms with Gasteiger partial charge in [-0.3, -0.25) is 18.1 Å². The molecule has 0 fully saturated rings. The molecule has 276 valence electrons. The second kappa shape index (κ2) is 15.8. The minimum absolute atomic E-state index is 0.516. The molecule has 0 radical (unpaired) electrons. The van der Waals surface area contributed by atoms with Gasteiger partial charge in [-0.25, -0.2) is 0 Å². The molecule has 0 aliphatic carbocycles. The van der Waals surface area contributed by atoms with Gasteiger partial charge in [-0.2, -0.15) is 0 Å². The summed E-state index contributed by atoms with van der Waals surface area (Å²) in [6, 6.07) is 46.3. The lowest BCUT2D eigenvalue weighted by Crippen LogP contribution is -2.41. The van der Waals surface area contributed by atoms with Gasteiger partial charge in [0, 0.05) is 4.86 Å². The Morgan fingerprint density at radius 1 is 0.444 bits per heavy atom. The SMILES string of the molecule is Cc1ccc(OP2(Oc3ccccc3)=N[P+](Oc3ccccc3)(Oc3ccc(C)cc3C)N[P+](Oc3ccccc3)(Oc3ccc(C)cc3C)N2)c(C)c1. The number of nitrogens with one attached hydrogen (secondary N) is 2. The van der Waals surface area contributed by atoms with Crippen LogP contribution in [0.3, 0.4) is 0 Å². The first-order valence-electron chi connectivity index (χ1n) is 17.6. The monoisotopic (exact) mass is 779 g/mol. The van der Waals surface area contributed by atoms with Crippen LogP contribution in [0.5, 0.6) is 34.5 Å². The maximum absolute atomic E-state index is 7.14. The van der Waals surface area contributed by atoms with Crippen LogP contribution < -0.4 is 36.9 Å². The van der Waals surface area contributed by atoms with Crippen LogP contribution in [-0.2, 0) is 0 Å². The standard InChI is InChI=1S/C42H44N3O6P3/c1-31-22-25-40(34(4)28-31)49-52(46-37-16-10-7-11-17-37)43-53(47-38-18-12-8-13-19-38,50-41-26-23-32(2)29-35(41)5)45-54(44-52,48-39-20-14-9-15-21-39)51-42-27-24-33(3)30-36(42)6/h7-30,43-44H,1-6H3/q+2. The highest BCUT2D eigenvalue weighted by Gasteiger charge is 2.75. The lowest BCUT2D eigenvalue weighted by atomic mass is 10.1. The molecule has 3 unspecified atom stereocenters. The van der Waals surface area contributed by atoms with E-state index in [0.717, 1.165) is 33.4 Å². The van der Waals surface area contributed by atoms with Crippen molar-refractivity contribution >= 4 is 23.7 Å². The number of aryl methyl sites for hydroxylation is 6. The Bertz CT molecular complexity index is 2300. The van der Waals surface area contributed by atoms with Gasteiger partial charge >= 0.3 is 23.7 Å². The molecule has 0 bridgehead atoms. The highest BCUT2D eigenvalue weighted by atomic mass is 31.3. The third kappa shape index (κ3) is 8.90. The van der Waals surface area contributed by atoms with Gasteiger partial charge in [-0.15, -0.1) is 0 Å². The van der Waals surface area contributed by atoms with Gasteiger partial charge in [-0.1, -0.05) is 108 Å². The zero-order valence-corrected chi connectivity index (χ0v) is 33.8. The topological polar surface area (TPSA) is 91.8 Å². The van der Waals surface area contributed by atoms with Gasteiger partial charge in [0.05, 0.1) is 4.52 Å². The Hall–Kier alpha value is -4.87. The first-order valence-corrected chi connectivity index (χ1v) is 22.3. The van der Waals surface area contributed by atoms with E-state index in [-0.39, 0.29) is 0 Å². The molecule has 6 aromatic carbocycles. The van der Waals surface area contributed by atoms with Crippen molar-refractivity contribution in [3.8, 4) is 34.5 Å². The smallest absolute Gasteiger partial charge is 0.415 e. The molecular formula is C42H44N3O6P3+2. The van der Waals surface area contributed by atoms with Crippen LogP contribution in [0.15, 0.2) is 150 Å². The van der Waals surface area contributed by atoms with Crippen LogP contribution in [0.25, 0.3) is 0 Å². The van der Waals surface area contributed by atoms with Crippen LogP contribution in [0, 0.1) is 41.5 Å². The molecule has 6 aromatic rings. The molecule has 7 rings (SSSR count). The first-order chi connectivity index (χ1) is 26.0. The Labute approximate surface area is 319 Å². The Morgan fingerprint density at radius 2 is 0.889 bits per heavy atom. The third-order valence-electron chi connectivity index (χ3n) is 8.34. The third-order valence-corrected chi connectivity index (χ3v) is 17.1. The maximum Gasteiger partial charge on any atom is 0.617 e. The summed E-state index contributed by atoms with van der Waals surface area (Å²) >= 11 is 0. The number of hydrogen-bond donors (Lipinski definition) is 2. The molecular weight excluding hydrogens is 735 g/mol. The zero-order valence-electron chi connectivity index (χ0n) is 31.1. The molecule has 1 aliphatic rings. The number of para-hydroxylation sites is 3. The van der Waals surface area contributed by atoms with E-state index in [2.05, 4.69) is 27.9 Å². The predicted octanol–water partition coefficient (Wildman–Crippen LogP) is 12.8. The van der Waals surface area contributed by atoms with Crippen LogP contribution >= 0.6 is 23.7 Å². The second-order valence-electron chi connectivity index (χ2n) is 13.2. The maximum atomic E-state index is 7.14. The molecule has 2 N–H and O–H groups in total. The van der Waals surface area contributed by atoms with Gasteiger partial charge in [0.15, 0.2) is 23.0 Å². The van der Waals surface area contributed by atoms with Crippen molar-refractivity contribution in [3.63, 3.8) is 0 Å². The van der Waals surface area contributed by atoms with Crippen molar-refractivity contribution in [3.05, 3.63) is 179 Å². The van der Waals surface area contributed by atoms with E-state index in [1.807, 2.05) is 169 Å². The van der Waals surface area contributed by atoms with Gasteiger partial charge in [-0.05, 0) is 113 Å². The fourth-order valence-corrected chi connectivity index (χ4v) is 16.0. The number of nitrogens with zero attached hydrogens (tertiary/aromatic N) is 1. The van der Waals surface area contributed by atoms with Crippen molar-refractivity contribution < 1.29 is 27.1 Å². The Balaban J connectivity index is 1.53. The van der Waals surface area contributed by atoms with Gasteiger partial charge in [0.1, 0.15) is 16.4 Å². The highest BCUT2D eigenvalue weighted by Crippen LogP contribution is 2.80. The molecule has 0 spiro atoms. The molecule has 54 heavy (non-hydrogen) atoms. The molecule has 1 aliphatic heterocycles. The Kier molecular flexibility index (Phi) is 11.0. The average molecular weight is 780 g/mol. The average Bonchev–Trinajstić information content (AvgIpc) is 3.13. The highest BCUT2D eigenvalue weighted by molar-refractivity contribution is 7.89. The largest absolute Gasteiger partial charge is 0.617 e. The molecule has 0 saturated heterocycles. The lowest BCUT2D eigenvalue weighted by molar-refractivity contribution is 0.402. The van der Waals surface area contributed by atoms with E-state index in [4.69, 9.17) is 31.7 Å². The predicted molar refractivity (Wildman–Crippen MR) is 220 cm³/mol. The summed E-state index contributed by atoms with van der Waals surface area (Å²) in [5, 5.41) is 0. The van der Waals surface area contributed by atoms with Crippen molar-refractivity contribution in [1.29, 1.82) is 0 Å². The summed E-state index contributed by atoms with van der Waals surface area (Å²) in [5.74, 6) is 3.28. The Morgan fingerprint density at radius 3 is 1.39 bits per heavy atom. The normalized spacial score (nSPS) is 20.6. The van der Waals surface area contributed by atoms with Crippen molar-refractivity contribution in [2.45, 2.75) is 41.5 Å². The van der Waals surface area contributed by atoms with Gasteiger partial charge in [0.25, 0.3) is 0 Å². The molecule has 0 aromatic heterocycles. The van der Waals surface area contributed by atoms with Crippen molar-refractivity contribution in [1.82, 2.24) is 9.72 Å². The van der Waals surface area contributed by atoms with E-state index < -0.39 is 23.7 Å². The summed E-state index contributed by atoms with van der Waals surface area (Å²) in [5.41, 5.74) is 5.97. The molecule has 0 saturated carbocycles. The van der Waals surface area contributed by atoms with E-state index in [1.165, 1.54) is 0 Å². The number of hydrogen-bond acceptors (Lipinski definition) is 9. The minimum atomic E-state index is -3.81. The van der Waals surface area contributed by atoms with Gasteiger partial charge < -0.3 is 9.05 Å². The molecule has 9 nitrogen and oxygen atoms in total. The first kappa shape index (κ1) is 37.4. The molecule has 0 amide bonds. The summed E-state index contributed by atoms with van der Waals surface area (Å²) in [6.07, 6.45) is 0.